The number of rotatable bonds is 3. The monoisotopic (exact) mass is 228 g/mol. The van der Waals surface area contributed by atoms with Crippen LogP contribution < -0.4 is 0 Å². The van der Waals surface area contributed by atoms with E-state index < -0.39 is 0 Å². The summed E-state index contributed by atoms with van der Waals surface area (Å²) in [4.78, 5) is 11.6. The first-order valence-electron chi connectivity index (χ1n) is 6.62. The Morgan fingerprint density at radius 3 is 2.47 bits per heavy atom. The second-order valence-electron chi connectivity index (χ2n) is 4.79. The molecule has 0 N–H and O–H groups in total. The molecule has 0 saturated heterocycles. The zero-order chi connectivity index (χ0) is 12.1. The Morgan fingerprint density at radius 2 is 1.76 bits per heavy atom. The quantitative estimate of drug-likeness (QED) is 0.759. The number of carbonyl (C=O) groups excluding carboxylic acids is 1. The van der Waals surface area contributed by atoms with Crippen LogP contribution in [0.5, 0.6) is 0 Å². The molecule has 0 saturated carbocycles. The maximum atomic E-state index is 11.6. The number of aryl methyl sites for hydroxylation is 1. The van der Waals surface area contributed by atoms with E-state index in [4.69, 9.17) is 0 Å². The molecule has 0 aromatic heterocycles. The number of hydrogen-bond acceptors (Lipinski definition) is 1. The molecule has 1 aliphatic rings. The molecule has 0 unspecified atom stereocenters. The third-order valence-electron chi connectivity index (χ3n) is 3.32. The largest absolute Gasteiger partial charge is 0.295 e. The van der Waals surface area contributed by atoms with Crippen molar-refractivity contribution in [1.29, 1.82) is 0 Å². The van der Waals surface area contributed by atoms with Crippen LogP contribution in [0.3, 0.4) is 0 Å². The third kappa shape index (κ3) is 3.29. The fourth-order valence-electron chi connectivity index (χ4n) is 2.36. The predicted octanol–water partition coefficient (Wildman–Crippen LogP) is 4.17. The molecule has 1 nitrogen and oxygen atoms in total. The van der Waals surface area contributed by atoms with Crippen LogP contribution >= 0.6 is 0 Å². The highest BCUT2D eigenvalue weighted by atomic mass is 16.1. The van der Waals surface area contributed by atoms with Gasteiger partial charge in [-0.25, -0.2) is 0 Å². The summed E-state index contributed by atoms with van der Waals surface area (Å²) in [6.07, 6.45) is 8.10. The highest BCUT2D eigenvalue weighted by Gasteiger charge is 2.09. The van der Waals surface area contributed by atoms with Crippen molar-refractivity contribution in [3.05, 3.63) is 41.5 Å². The van der Waals surface area contributed by atoms with Gasteiger partial charge in [-0.1, -0.05) is 37.6 Å². The number of ketones is 1. The molecule has 0 heterocycles. The Morgan fingerprint density at radius 1 is 1.06 bits per heavy atom. The Balaban J connectivity index is 2.18. The van der Waals surface area contributed by atoms with Crippen LogP contribution in [0.1, 0.15) is 50.2 Å². The Labute approximate surface area is 104 Å². The second-order valence-corrected chi connectivity index (χ2v) is 4.79. The van der Waals surface area contributed by atoms with Crippen molar-refractivity contribution in [3.63, 3.8) is 0 Å². The number of allylic oxidation sites excluding steroid dienone is 2. The highest BCUT2D eigenvalue weighted by Crippen LogP contribution is 2.25. The van der Waals surface area contributed by atoms with Crippen molar-refractivity contribution in [2.45, 2.75) is 45.4 Å². The average Bonchev–Trinajstić information content (AvgIpc) is 2.55. The minimum Gasteiger partial charge on any atom is -0.295 e. The minimum absolute atomic E-state index is 0.287. The van der Waals surface area contributed by atoms with Gasteiger partial charge in [-0.05, 0) is 48.5 Å². The molecule has 1 aromatic rings. The van der Waals surface area contributed by atoms with Gasteiger partial charge in [0.25, 0.3) is 0 Å². The van der Waals surface area contributed by atoms with E-state index in [-0.39, 0.29) is 5.78 Å². The van der Waals surface area contributed by atoms with Crippen molar-refractivity contribution in [2.24, 2.45) is 0 Å². The molecule has 1 aromatic carbocycles. The zero-order valence-electron chi connectivity index (χ0n) is 10.5. The summed E-state index contributed by atoms with van der Waals surface area (Å²) in [5.41, 5.74) is 3.83. The minimum atomic E-state index is 0.287. The van der Waals surface area contributed by atoms with Gasteiger partial charge in [-0.15, -0.1) is 0 Å². The van der Waals surface area contributed by atoms with Gasteiger partial charge in [0.1, 0.15) is 0 Å². The Hall–Kier alpha value is -1.37. The lowest BCUT2D eigenvalue weighted by molar-refractivity contribution is -0.114. The van der Waals surface area contributed by atoms with Crippen molar-refractivity contribution in [2.75, 3.05) is 0 Å². The standard InChI is InChI=1S/C16H20O/c1-2-5-13-8-10-14(11-9-13)15-6-3-4-7-16(17)12-15/h8-12H,2-7H2,1H3. The topological polar surface area (TPSA) is 17.1 Å². The van der Waals surface area contributed by atoms with E-state index in [9.17, 15) is 4.79 Å². The normalized spacial score (nSPS) is 16.5. The van der Waals surface area contributed by atoms with E-state index in [1.807, 2.05) is 6.08 Å². The van der Waals surface area contributed by atoms with Gasteiger partial charge in [-0.2, -0.15) is 0 Å². The summed E-state index contributed by atoms with van der Waals surface area (Å²) in [7, 11) is 0. The maximum absolute atomic E-state index is 11.6. The van der Waals surface area contributed by atoms with Crippen LogP contribution in [0.25, 0.3) is 5.57 Å². The molecular formula is C16H20O. The lowest BCUT2D eigenvalue weighted by Gasteiger charge is -2.06. The second kappa shape index (κ2) is 5.81. The third-order valence-corrected chi connectivity index (χ3v) is 3.32. The summed E-state index contributed by atoms with van der Waals surface area (Å²) >= 11 is 0. The lowest BCUT2D eigenvalue weighted by Crippen LogP contribution is -1.91. The van der Waals surface area contributed by atoms with Gasteiger partial charge in [0.05, 0.1) is 0 Å². The Bertz CT molecular complexity index is 412. The van der Waals surface area contributed by atoms with E-state index in [0.717, 1.165) is 32.1 Å². The molecule has 0 amide bonds. The molecule has 0 radical (unpaired) electrons. The Kier molecular flexibility index (Phi) is 4.13. The van der Waals surface area contributed by atoms with E-state index in [2.05, 4.69) is 31.2 Å². The highest BCUT2D eigenvalue weighted by molar-refractivity contribution is 5.97. The molecule has 0 spiro atoms. The zero-order valence-corrected chi connectivity index (χ0v) is 10.5. The predicted molar refractivity (Wildman–Crippen MR) is 71.9 cm³/mol. The van der Waals surface area contributed by atoms with Crippen LogP contribution in [0.15, 0.2) is 30.3 Å². The van der Waals surface area contributed by atoms with Gasteiger partial charge in [0.15, 0.2) is 5.78 Å². The first-order valence-corrected chi connectivity index (χ1v) is 6.62. The number of benzene rings is 1. The van der Waals surface area contributed by atoms with Crippen LogP contribution in [-0.2, 0) is 11.2 Å². The van der Waals surface area contributed by atoms with Crippen LogP contribution in [0.4, 0.5) is 0 Å². The fourth-order valence-corrected chi connectivity index (χ4v) is 2.36. The molecular weight excluding hydrogens is 208 g/mol. The van der Waals surface area contributed by atoms with E-state index in [1.54, 1.807) is 0 Å². The van der Waals surface area contributed by atoms with Gasteiger partial charge < -0.3 is 0 Å². The van der Waals surface area contributed by atoms with Gasteiger partial charge in [0.2, 0.25) is 0 Å². The van der Waals surface area contributed by atoms with Crippen LogP contribution in [-0.4, -0.2) is 5.78 Å². The van der Waals surface area contributed by atoms with Crippen molar-refractivity contribution in [1.82, 2.24) is 0 Å². The summed E-state index contributed by atoms with van der Waals surface area (Å²) in [5, 5.41) is 0. The lowest BCUT2D eigenvalue weighted by atomic mass is 9.99. The van der Waals surface area contributed by atoms with E-state index in [1.165, 1.54) is 23.1 Å². The maximum Gasteiger partial charge on any atom is 0.155 e. The molecule has 1 aliphatic carbocycles. The van der Waals surface area contributed by atoms with Crippen LogP contribution in [0.2, 0.25) is 0 Å². The first kappa shape index (κ1) is 12.1. The van der Waals surface area contributed by atoms with Gasteiger partial charge in [0, 0.05) is 6.42 Å². The number of carbonyl (C=O) groups is 1. The van der Waals surface area contributed by atoms with Crippen molar-refractivity contribution in [3.8, 4) is 0 Å². The van der Waals surface area contributed by atoms with Gasteiger partial charge in [-0.3, -0.25) is 4.79 Å². The molecule has 0 bridgehead atoms. The van der Waals surface area contributed by atoms with Gasteiger partial charge >= 0.3 is 0 Å². The SMILES string of the molecule is CCCc1ccc(C2=CC(=O)CCCC2)cc1. The summed E-state index contributed by atoms with van der Waals surface area (Å²) in [6.45, 7) is 2.19. The molecule has 17 heavy (non-hydrogen) atoms. The summed E-state index contributed by atoms with van der Waals surface area (Å²) < 4.78 is 0. The molecule has 0 aliphatic heterocycles. The van der Waals surface area contributed by atoms with Crippen molar-refractivity contribution >= 4 is 11.4 Å². The molecule has 90 valence electrons. The molecule has 0 atom stereocenters. The van der Waals surface area contributed by atoms with Crippen molar-refractivity contribution < 1.29 is 4.79 Å². The smallest absolute Gasteiger partial charge is 0.155 e. The van der Waals surface area contributed by atoms with Crippen LogP contribution in [0, 0.1) is 0 Å². The summed E-state index contributed by atoms with van der Waals surface area (Å²) in [6, 6.07) is 8.70. The summed E-state index contributed by atoms with van der Waals surface area (Å²) in [5.74, 6) is 0.287. The first-order chi connectivity index (χ1) is 8.29. The fraction of sp³-hybridized carbons (Fsp3) is 0.438. The van der Waals surface area contributed by atoms with E-state index >= 15 is 0 Å². The molecule has 2 rings (SSSR count). The number of hydrogen-bond donors (Lipinski definition) is 0. The average molecular weight is 228 g/mol. The molecule has 1 heteroatoms. The van der Waals surface area contributed by atoms with E-state index in [0.29, 0.717) is 0 Å². The molecule has 0 fully saturated rings.